The minimum atomic E-state index is -3.97. The zero-order valence-electron chi connectivity index (χ0n) is 19.8. The Morgan fingerprint density at radius 3 is 2.35 bits per heavy atom. The van der Waals surface area contributed by atoms with Crippen molar-refractivity contribution >= 4 is 27.5 Å². The minimum absolute atomic E-state index is 0.178. The fourth-order valence-electron chi connectivity index (χ4n) is 3.94. The third-order valence-electron chi connectivity index (χ3n) is 5.49. The van der Waals surface area contributed by atoms with E-state index in [4.69, 9.17) is 21.3 Å². The van der Waals surface area contributed by atoms with Gasteiger partial charge in [0.2, 0.25) is 0 Å². The molecule has 0 spiro atoms. The van der Waals surface area contributed by atoms with E-state index >= 15 is 0 Å². The summed E-state index contributed by atoms with van der Waals surface area (Å²) in [5.74, 6) is 0.899. The summed E-state index contributed by atoms with van der Waals surface area (Å²) in [5, 5.41) is 0.484. The second-order valence-corrected chi connectivity index (χ2v) is 11.8. The van der Waals surface area contributed by atoms with E-state index in [9.17, 15) is 8.42 Å². The molecule has 0 radical (unpaired) electrons. The molecule has 0 amide bonds. The van der Waals surface area contributed by atoms with Crippen LogP contribution < -0.4 is 4.74 Å². The third-order valence-corrected chi connectivity index (χ3v) is 7.58. The number of rotatable bonds is 4. The van der Waals surface area contributed by atoms with Gasteiger partial charge in [0.05, 0.1) is 22.0 Å². The smallest absolute Gasteiger partial charge is 0.265 e. The van der Waals surface area contributed by atoms with Crippen LogP contribution >= 0.6 is 11.6 Å². The van der Waals surface area contributed by atoms with Crippen LogP contribution in [0.25, 0.3) is 0 Å². The summed E-state index contributed by atoms with van der Waals surface area (Å²) < 4.78 is 36.0. The summed E-state index contributed by atoms with van der Waals surface area (Å²) >= 11 is 6.35. The molecule has 4 rings (SSSR count). The van der Waals surface area contributed by atoms with Crippen molar-refractivity contribution in [2.75, 3.05) is 6.61 Å². The number of nitrogens with zero attached hydrogens (tertiary/aromatic N) is 2. The van der Waals surface area contributed by atoms with E-state index in [-0.39, 0.29) is 11.5 Å². The number of hydrogen-bond donors (Lipinski definition) is 0. The average molecular weight is 497 g/mol. The van der Waals surface area contributed by atoms with Crippen LogP contribution in [0.5, 0.6) is 5.75 Å². The number of ether oxygens (including phenoxy) is 1. The molecule has 0 fully saturated rings. The number of aryl methyl sites for hydroxylation is 1. The van der Waals surface area contributed by atoms with Crippen LogP contribution in [0.15, 0.2) is 82.7 Å². The Morgan fingerprint density at radius 2 is 1.71 bits per heavy atom. The molecule has 1 aliphatic rings. The molecule has 0 saturated carbocycles. The largest absolute Gasteiger partial charge is 0.491 e. The number of benzene rings is 3. The Balaban J connectivity index is 1.96. The summed E-state index contributed by atoms with van der Waals surface area (Å²) in [6.07, 6.45) is 0.469. The first-order chi connectivity index (χ1) is 16.0. The number of amidine groups is 1. The minimum Gasteiger partial charge on any atom is -0.491 e. The van der Waals surface area contributed by atoms with Crippen molar-refractivity contribution in [1.29, 1.82) is 0 Å². The summed E-state index contributed by atoms with van der Waals surface area (Å²) in [4.78, 5) is 5.13. The second kappa shape index (κ2) is 9.43. The molecular weight excluding hydrogens is 468 g/mol. The van der Waals surface area contributed by atoms with Crippen molar-refractivity contribution in [2.24, 2.45) is 4.99 Å². The first-order valence-corrected chi connectivity index (χ1v) is 13.0. The number of hydrogen-bond acceptors (Lipinski definition) is 4. The van der Waals surface area contributed by atoms with Gasteiger partial charge in [0, 0.05) is 5.02 Å². The van der Waals surface area contributed by atoms with Crippen LogP contribution in [-0.4, -0.2) is 36.7 Å². The van der Waals surface area contributed by atoms with E-state index in [1.54, 1.807) is 42.5 Å². The molecule has 1 atom stereocenters. The van der Waals surface area contributed by atoms with Crippen molar-refractivity contribution in [3.63, 3.8) is 0 Å². The lowest BCUT2D eigenvalue weighted by Crippen LogP contribution is -2.48. The lowest BCUT2D eigenvalue weighted by molar-refractivity contribution is 0.248. The molecule has 1 aliphatic heterocycles. The van der Waals surface area contributed by atoms with Crippen LogP contribution in [0.1, 0.15) is 37.5 Å². The van der Waals surface area contributed by atoms with E-state index in [0.717, 1.165) is 11.1 Å². The molecule has 5 nitrogen and oxygen atoms in total. The van der Waals surface area contributed by atoms with Gasteiger partial charge in [-0.1, -0.05) is 59.6 Å². The molecule has 1 unspecified atom stereocenters. The number of sulfonamides is 1. The second-order valence-electron chi connectivity index (χ2n) is 9.52. The summed E-state index contributed by atoms with van der Waals surface area (Å²) in [6.45, 7) is 7.94. The average Bonchev–Trinajstić information content (AvgIpc) is 2.91. The van der Waals surface area contributed by atoms with Gasteiger partial charge in [-0.25, -0.2) is 12.7 Å². The zero-order chi connectivity index (χ0) is 24.5. The van der Waals surface area contributed by atoms with Crippen LogP contribution in [0.4, 0.5) is 0 Å². The molecule has 0 aliphatic carbocycles. The maximum Gasteiger partial charge on any atom is 0.265 e. The van der Waals surface area contributed by atoms with Crippen LogP contribution in [-0.2, 0) is 16.4 Å². The lowest BCUT2D eigenvalue weighted by atomic mass is 10.1. The highest BCUT2D eigenvalue weighted by Gasteiger charge is 2.39. The maximum absolute atomic E-state index is 14.2. The Morgan fingerprint density at radius 1 is 1.03 bits per heavy atom. The van der Waals surface area contributed by atoms with E-state index in [1.165, 1.54) is 4.31 Å². The highest BCUT2D eigenvalue weighted by molar-refractivity contribution is 7.89. The van der Waals surface area contributed by atoms with Crippen LogP contribution in [0.2, 0.25) is 5.02 Å². The molecule has 178 valence electrons. The molecule has 1 heterocycles. The SMILES string of the molecule is Cc1ccc(S(=O)(=O)N2C(=NC(C)(C)C)c3cc(Cl)ccc3OCC2Cc2ccccc2)cc1. The molecule has 3 aromatic carbocycles. The van der Waals surface area contributed by atoms with Gasteiger partial charge < -0.3 is 4.74 Å². The van der Waals surface area contributed by atoms with Crippen LogP contribution in [0, 0.1) is 6.92 Å². The van der Waals surface area contributed by atoms with E-state index in [2.05, 4.69) is 0 Å². The van der Waals surface area contributed by atoms with Crippen molar-refractivity contribution in [2.45, 2.75) is 50.6 Å². The fourth-order valence-corrected chi connectivity index (χ4v) is 5.71. The summed E-state index contributed by atoms with van der Waals surface area (Å²) in [6, 6.07) is 21.4. The molecule has 0 bridgehead atoms. The van der Waals surface area contributed by atoms with Gasteiger partial charge in [-0.05, 0) is 70.0 Å². The van der Waals surface area contributed by atoms with Crippen molar-refractivity contribution in [3.8, 4) is 5.75 Å². The maximum atomic E-state index is 14.2. The molecule has 0 aromatic heterocycles. The van der Waals surface area contributed by atoms with Crippen molar-refractivity contribution in [1.82, 2.24) is 4.31 Å². The monoisotopic (exact) mass is 496 g/mol. The summed E-state index contributed by atoms with van der Waals surface area (Å²) in [5.41, 5.74) is 2.02. The van der Waals surface area contributed by atoms with Gasteiger partial charge in [-0.2, -0.15) is 0 Å². The van der Waals surface area contributed by atoms with E-state index < -0.39 is 21.6 Å². The normalized spacial score (nSPS) is 17.7. The van der Waals surface area contributed by atoms with Gasteiger partial charge in [0.25, 0.3) is 10.0 Å². The fraction of sp³-hybridized carbons (Fsp3) is 0.296. The number of halogens is 1. The third kappa shape index (κ3) is 5.29. The Bertz CT molecular complexity index is 1300. The van der Waals surface area contributed by atoms with Gasteiger partial charge in [0.1, 0.15) is 18.2 Å². The molecule has 0 saturated heterocycles. The predicted molar refractivity (Wildman–Crippen MR) is 137 cm³/mol. The predicted octanol–water partition coefficient (Wildman–Crippen LogP) is 5.89. The zero-order valence-corrected chi connectivity index (χ0v) is 21.4. The van der Waals surface area contributed by atoms with Crippen molar-refractivity contribution < 1.29 is 13.2 Å². The molecule has 34 heavy (non-hydrogen) atoms. The highest BCUT2D eigenvalue weighted by Crippen LogP contribution is 2.34. The Hall–Kier alpha value is -2.83. The van der Waals surface area contributed by atoms with Gasteiger partial charge in [-0.15, -0.1) is 0 Å². The van der Waals surface area contributed by atoms with E-state index in [1.807, 2.05) is 58.0 Å². The van der Waals surface area contributed by atoms with Gasteiger partial charge >= 0.3 is 0 Å². The van der Waals surface area contributed by atoms with Gasteiger partial charge in [-0.3, -0.25) is 4.99 Å². The Labute approximate surface area is 207 Å². The molecular formula is C27H29ClN2O3S. The standard InChI is InChI=1S/C27H29ClN2O3S/c1-19-10-13-23(14-11-19)34(31,32)30-22(16-20-8-6-5-7-9-20)18-33-25-15-12-21(28)17-24(25)26(30)29-27(2,3)4/h5-15,17,22H,16,18H2,1-4H3. The summed E-state index contributed by atoms with van der Waals surface area (Å²) in [7, 11) is -3.97. The number of fused-ring (bicyclic) bond motifs is 1. The topological polar surface area (TPSA) is 59.0 Å². The lowest BCUT2D eigenvalue weighted by Gasteiger charge is -2.32. The first-order valence-electron chi connectivity index (χ1n) is 11.2. The molecule has 0 N–H and O–H groups in total. The van der Waals surface area contributed by atoms with Crippen molar-refractivity contribution in [3.05, 3.63) is 94.5 Å². The molecule has 7 heteroatoms. The first kappa shape index (κ1) is 24.3. The van der Waals surface area contributed by atoms with Crippen LogP contribution in [0.3, 0.4) is 0 Å². The molecule has 3 aromatic rings. The van der Waals surface area contributed by atoms with Gasteiger partial charge in [0.15, 0.2) is 0 Å². The highest BCUT2D eigenvalue weighted by atomic mass is 35.5. The number of aliphatic imine (C=N–C) groups is 1. The quantitative estimate of drug-likeness (QED) is 0.452. The van der Waals surface area contributed by atoms with E-state index in [0.29, 0.717) is 28.6 Å². The Kier molecular flexibility index (Phi) is 6.74.